The van der Waals surface area contributed by atoms with Gasteiger partial charge in [0.2, 0.25) is 0 Å². The summed E-state index contributed by atoms with van der Waals surface area (Å²) in [4.78, 5) is 45.7. The normalized spacial score (nSPS) is 10.6. The summed E-state index contributed by atoms with van der Waals surface area (Å²) in [7, 11) is 0. The molecule has 0 aliphatic carbocycles. The van der Waals surface area contributed by atoms with E-state index in [0.717, 1.165) is 0 Å². The second-order valence-corrected chi connectivity index (χ2v) is 7.13. The average Bonchev–Trinajstić information content (AvgIpc) is 2.65. The number of non-ortho nitro benzene ring substituents is 1. The average molecular weight is 415 g/mol. The van der Waals surface area contributed by atoms with Crippen molar-refractivity contribution in [1.29, 1.82) is 0 Å². The van der Waals surface area contributed by atoms with Crippen LogP contribution in [0.3, 0.4) is 0 Å². The van der Waals surface area contributed by atoms with Gasteiger partial charge in [-0.15, -0.1) is 0 Å². The van der Waals surface area contributed by atoms with E-state index in [1.54, 1.807) is 20.8 Å². The number of hydrogen-bond donors (Lipinski definition) is 2. The van der Waals surface area contributed by atoms with Gasteiger partial charge in [-0.05, 0) is 57.2 Å². The van der Waals surface area contributed by atoms with Crippen molar-refractivity contribution >= 4 is 35.0 Å². The predicted molar refractivity (Wildman–Crippen MR) is 108 cm³/mol. The number of carbonyl (C=O) groups is 3. The van der Waals surface area contributed by atoms with Crippen LogP contribution in [0.1, 0.15) is 31.1 Å². The molecule has 0 unspecified atom stereocenters. The van der Waals surface area contributed by atoms with Gasteiger partial charge in [0.25, 0.3) is 11.6 Å². The Labute approximate surface area is 172 Å². The van der Waals surface area contributed by atoms with Crippen molar-refractivity contribution in [3.8, 4) is 0 Å². The number of rotatable bonds is 6. The summed E-state index contributed by atoms with van der Waals surface area (Å²) in [6.45, 7) is 4.68. The van der Waals surface area contributed by atoms with Crippen molar-refractivity contribution in [3.05, 3.63) is 64.2 Å². The standard InChI is InChI=1S/C20H21N3O7/c1-20(2,3)30-19(26)22-15-6-4-13(5-7-15)18(25)29-12-17(24)21-14-8-10-16(11-9-14)23(27)28/h4-11H,12H2,1-3H3,(H,21,24)(H,22,26). The van der Waals surface area contributed by atoms with E-state index >= 15 is 0 Å². The number of carbonyl (C=O) groups excluding carboxylic acids is 3. The molecule has 2 aromatic carbocycles. The van der Waals surface area contributed by atoms with E-state index in [0.29, 0.717) is 11.4 Å². The fourth-order valence-corrected chi connectivity index (χ4v) is 2.19. The molecular weight excluding hydrogens is 394 g/mol. The summed E-state index contributed by atoms with van der Waals surface area (Å²) in [5.41, 5.74) is 0.205. The first kappa shape index (κ1) is 22.3. The van der Waals surface area contributed by atoms with Gasteiger partial charge in [-0.3, -0.25) is 20.2 Å². The lowest BCUT2D eigenvalue weighted by Crippen LogP contribution is -2.27. The summed E-state index contributed by atoms with van der Waals surface area (Å²) >= 11 is 0. The molecule has 0 heterocycles. The number of benzene rings is 2. The Morgan fingerprint density at radius 3 is 2.00 bits per heavy atom. The van der Waals surface area contributed by atoms with Crippen LogP contribution in [-0.4, -0.2) is 35.1 Å². The van der Waals surface area contributed by atoms with Crippen LogP contribution in [0.4, 0.5) is 21.9 Å². The molecule has 0 aromatic heterocycles. The number of ether oxygens (including phenoxy) is 2. The predicted octanol–water partition coefficient (Wildman–Crippen LogP) is 3.74. The Kier molecular flexibility index (Phi) is 7.08. The van der Waals surface area contributed by atoms with Gasteiger partial charge in [-0.1, -0.05) is 0 Å². The van der Waals surface area contributed by atoms with E-state index in [2.05, 4.69) is 10.6 Å². The number of amides is 2. The van der Waals surface area contributed by atoms with E-state index in [4.69, 9.17) is 9.47 Å². The van der Waals surface area contributed by atoms with Gasteiger partial charge < -0.3 is 14.8 Å². The monoisotopic (exact) mass is 415 g/mol. The van der Waals surface area contributed by atoms with Crippen LogP contribution >= 0.6 is 0 Å². The Morgan fingerprint density at radius 1 is 0.933 bits per heavy atom. The Hall–Kier alpha value is -3.95. The first-order valence-electron chi connectivity index (χ1n) is 8.85. The van der Waals surface area contributed by atoms with Gasteiger partial charge in [-0.25, -0.2) is 9.59 Å². The van der Waals surface area contributed by atoms with E-state index in [-0.39, 0.29) is 11.3 Å². The lowest BCUT2D eigenvalue weighted by atomic mass is 10.2. The number of esters is 1. The zero-order chi connectivity index (χ0) is 22.3. The second kappa shape index (κ2) is 9.50. The maximum absolute atomic E-state index is 12.1. The number of nitro benzene ring substituents is 1. The number of hydrogen-bond acceptors (Lipinski definition) is 7. The van der Waals surface area contributed by atoms with Gasteiger partial charge in [-0.2, -0.15) is 0 Å². The van der Waals surface area contributed by atoms with E-state index in [9.17, 15) is 24.5 Å². The molecule has 2 amide bonds. The molecule has 2 aromatic rings. The lowest BCUT2D eigenvalue weighted by Gasteiger charge is -2.19. The molecule has 0 aliphatic rings. The Bertz CT molecular complexity index is 932. The third-order valence-electron chi connectivity index (χ3n) is 3.46. The third-order valence-corrected chi connectivity index (χ3v) is 3.46. The summed E-state index contributed by atoms with van der Waals surface area (Å²) < 4.78 is 10.1. The Morgan fingerprint density at radius 2 is 1.47 bits per heavy atom. The minimum absolute atomic E-state index is 0.107. The van der Waals surface area contributed by atoms with Gasteiger partial charge >= 0.3 is 12.1 Å². The molecular formula is C20H21N3O7. The Balaban J connectivity index is 1.83. The summed E-state index contributed by atoms with van der Waals surface area (Å²) in [6, 6.07) is 11.1. The van der Waals surface area contributed by atoms with Crippen LogP contribution < -0.4 is 10.6 Å². The second-order valence-electron chi connectivity index (χ2n) is 7.13. The molecule has 10 heteroatoms. The van der Waals surface area contributed by atoms with E-state index < -0.39 is 35.1 Å². The molecule has 30 heavy (non-hydrogen) atoms. The highest BCUT2D eigenvalue weighted by Crippen LogP contribution is 2.16. The molecule has 0 bridgehead atoms. The highest BCUT2D eigenvalue weighted by molar-refractivity contribution is 5.96. The van der Waals surface area contributed by atoms with Crippen LogP contribution in [0.5, 0.6) is 0 Å². The molecule has 0 aliphatic heterocycles. The van der Waals surface area contributed by atoms with Crippen molar-refractivity contribution in [2.75, 3.05) is 17.2 Å². The van der Waals surface area contributed by atoms with Crippen LogP contribution in [-0.2, 0) is 14.3 Å². The minimum atomic E-state index is -0.724. The molecule has 2 N–H and O–H groups in total. The van der Waals surface area contributed by atoms with Crippen molar-refractivity contribution in [3.63, 3.8) is 0 Å². The van der Waals surface area contributed by atoms with Crippen LogP contribution in [0.2, 0.25) is 0 Å². The molecule has 10 nitrogen and oxygen atoms in total. The van der Waals surface area contributed by atoms with E-state index in [1.807, 2.05) is 0 Å². The summed E-state index contributed by atoms with van der Waals surface area (Å²) in [5.74, 6) is -1.32. The third kappa shape index (κ3) is 7.23. The molecule has 2 rings (SSSR count). The molecule has 0 saturated carbocycles. The lowest BCUT2D eigenvalue weighted by molar-refractivity contribution is -0.384. The van der Waals surface area contributed by atoms with Gasteiger partial charge in [0, 0.05) is 23.5 Å². The highest BCUT2D eigenvalue weighted by atomic mass is 16.6. The highest BCUT2D eigenvalue weighted by Gasteiger charge is 2.16. The summed E-state index contributed by atoms with van der Waals surface area (Å²) in [5, 5.41) is 15.6. The number of nitro groups is 1. The number of nitrogens with zero attached hydrogens (tertiary/aromatic N) is 1. The number of anilines is 2. The molecule has 0 fully saturated rings. The molecule has 158 valence electrons. The maximum Gasteiger partial charge on any atom is 0.412 e. The minimum Gasteiger partial charge on any atom is -0.452 e. The van der Waals surface area contributed by atoms with Crippen molar-refractivity contribution < 1.29 is 28.8 Å². The fraction of sp³-hybridized carbons (Fsp3) is 0.250. The smallest absolute Gasteiger partial charge is 0.412 e. The first-order chi connectivity index (χ1) is 14.0. The van der Waals surface area contributed by atoms with Gasteiger partial charge in [0.15, 0.2) is 6.61 Å². The van der Waals surface area contributed by atoms with Gasteiger partial charge in [0.1, 0.15) is 5.60 Å². The molecule has 0 saturated heterocycles. The number of nitrogens with one attached hydrogen (secondary N) is 2. The molecule has 0 atom stereocenters. The van der Waals surface area contributed by atoms with Crippen LogP contribution in [0.25, 0.3) is 0 Å². The summed E-state index contributed by atoms with van der Waals surface area (Å²) in [6.07, 6.45) is -0.624. The van der Waals surface area contributed by atoms with Crippen molar-refractivity contribution in [2.24, 2.45) is 0 Å². The van der Waals surface area contributed by atoms with Crippen LogP contribution in [0.15, 0.2) is 48.5 Å². The first-order valence-corrected chi connectivity index (χ1v) is 8.85. The SMILES string of the molecule is CC(C)(C)OC(=O)Nc1ccc(C(=O)OCC(=O)Nc2ccc([N+](=O)[O-])cc2)cc1. The maximum atomic E-state index is 12.1. The fourth-order valence-electron chi connectivity index (χ4n) is 2.19. The zero-order valence-electron chi connectivity index (χ0n) is 16.6. The molecule has 0 spiro atoms. The van der Waals surface area contributed by atoms with Crippen molar-refractivity contribution in [1.82, 2.24) is 0 Å². The zero-order valence-corrected chi connectivity index (χ0v) is 16.6. The topological polar surface area (TPSA) is 137 Å². The van der Waals surface area contributed by atoms with Crippen LogP contribution in [0, 0.1) is 10.1 Å². The quantitative estimate of drug-likeness (QED) is 0.416. The van der Waals surface area contributed by atoms with Crippen molar-refractivity contribution in [2.45, 2.75) is 26.4 Å². The molecule has 0 radical (unpaired) electrons. The largest absolute Gasteiger partial charge is 0.452 e. The van der Waals surface area contributed by atoms with E-state index in [1.165, 1.54) is 48.5 Å². The van der Waals surface area contributed by atoms with Gasteiger partial charge in [0.05, 0.1) is 10.5 Å².